The zero-order chi connectivity index (χ0) is 12.1. The van der Waals surface area contributed by atoms with E-state index in [-0.39, 0.29) is 0 Å². The topological polar surface area (TPSA) is 21.3 Å². The summed E-state index contributed by atoms with van der Waals surface area (Å²) >= 11 is 0. The van der Waals surface area contributed by atoms with Crippen molar-refractivity contribution < 1.29 is 4.74 Å². The Hall–Kier alpha value is -0.860. The van der Waals surface area contributed by atoms with Gasteiger partial charge < -0.3 is 10.1 Å². The first kappa shape index (κ1) is 12.6. The molecule has 0 spiro atoms. The van der Waals surface area contributed by atoms with Crippen LogP contribution in [0.4, 0.5) is 0 Å². The maximum absolute atomic E-state index is 5.08. The quantitative estimate of drug-likeness (QED) is 0.788. The van der Waals surface area contributed by atoms with Crippen molar-refractivity contribution in [1.29, 1.82) is 0 Å². The molecule has 0 bridgehead atoms. The summed E-state index contributed by atoms with van der Waals surface area (Å²) < 4.78 is 5.08. The lowest BCUT2D eigenvalue weighted by Gasteiger charge is -2.30. The summed E-state index contributed by atoms with van der Waals surface area (Å²) in [6.07, 6.45) is 3.63. The third kappa shape index (κ3) is 3.08. The van der Waals surface area contributed by atoms with E-state index in [9.17, 15) is 0 Å². The van der Waals surface area contributed by atoms with Crippen LogP contribution < -0.4 is 5.32 Å². The number of benzene rings is 1. The van der Waals surface area contributed by atoms with E-state index in [4.69, 9.17) is 4.74 Å². The predicted octanol–water partition coefficient (Wildman–Crippen LogP) is 3.25. The Morgan fingerprint density at radius 1 is 1.24 bits per heavy atom. The number of methoxy groups -OCH3 is 1. The molecule has 94 valence electrons. The maximum atomic E-state index is 5.08. The zero-order valence-corrected chi connectivity index (χ0v) is 10.9. The highest BCUT2D eigenvalue weighted by Crippen LogP contribution is 2.36. The van der Waals surface area contributed by atoms with Gasteiger partial charge in [-0.05, 0) is 42.9 Å². The summed E-state index contributed by atoms with van der Waals surface area (Å²) in [5.74, 6) is 0.711. The first-order valence-corrected chi connectivity index (χ1v) is 6.64. The zero-order valence-electron chi connectivity index (χ0n) is 10.9. The van der Waals surface area contributed by atoms with E-state index in [0.29, 0.717) is 12.0 Å². The van der Waals surface area contributed by atoms with Crippen molar-refractivity contribution in [2.75, 3.05) is 20.3 Å². The van der Waals surface area contributed by atoms with Crippen molar-refractivity contribution in [3.63, 3.8) is 0 Å². The Balaban J connectivity index is 1.98. The molecule has 17 heavy (non-hydrogen) atoms. The molecule has 1 aliphatic carbocycles. The van der Waals surface area contributed by atoms with Crippen LogP contribution >= 0.6 is 0 Å². The van der Waals surface area contributed by atoms with E-state index >= 15 is 0 Å². The van der Waals surface area contributed by atoms with E-state index in [1.165, 1.54) is 24.0 Å². The molecule has 0 aromatic heterocycles. The Bertz CT molecular complexity index is 351. The highest BCUT2D eigenvalue weighted by Gasteiger charge is 2.23. The summed E-state index contributed by atoms with van der Waals surface area (Å²) in [5.41, 5.74) is 3.03. The van der Waals surface area contributed by atoms with Crippen LogP contribution in [0, 0.1) is 0 Å². The molecule has 2 rings (SSSR count). The summed E-state index contributed by atoms with van der Waals surface area (Å²) in [6, 6.07) is 9.41. The molecular weight excluding hydrogens is 210 g/mol. The average molecular weight is 233 g/mol. The van der Waals surface area contributed by atoms with Gasteiger partial charge >= 0.3 is 0 Å². The second-order valence-corrected chi connectivity index (χ2v) is 4.96. The second-order valence-electron chi connectivity index (χ2n) is 4.96. The third-order valence-corrected chi connectivity index (χ3v) is 3.71. The van der Waals surface area contributed by atoms with Gasteiger partial charge in [0.05, 0.1) is 0 Å². The fraction of sp³-hybridized carbons (Fsp3) is 0.600. The summed E-state index contributed by atoms with van der Waals surface area (Å²) in [4.78, 5) is 0. The van der Waals surface area contributed by atoms with Crippen LogP contribution in [0.3, 0.4) is 0 Å². The van der Waals surface area contributed by atoms with Crippen molar-refractivity contribution in [2.24, 2.45) is 0 Å². The third-order valence-electron chi connectivity index (χ3n) is 3.71. The first-order valence-electron chi connectivity index (χ1n) is 6.64. The molecule has 0 saturated carbocycles. The lowest BCUT2D eigenvalue weighted by molar-refractivity contribution is 0.192. The van der Waals surface area contributed by atoms with Crippen molar-refractivity contribution in [3.8, 4) is 0 Å². The molecule has 0 aliphatic heterocycles. The molecule has 1 N–H and O–H groups in total. The number of ether oxygens (including phenoxy) is 1. The SMILES string of the molecule is COCCCNC1CCC(C)c2ccccc21. The van der Waals surface area contributed by atoms with Gasteiger partial charge in [-0.1, -0.05) is 31.2 Å². The molecule has 0 amide bonds. The Labute approximate surface area is 104 Å². The number of rotatable bonds is 5. The minimum atomic E-state index is 0.541. The van der Waals surface area contributed by atoms with E-state index in [1.807, 2.05) is 0 Å². The summed E-state index contributed by atoms with van der Waals surface area (Å²) in [6.45, 7) is 4.22. The molecule has 1 aromatic carbocycles. The van der Waals surface area contributed by atoms with Crippen molar-refractivity contribution in [3.05, 3.63) is 35.4 Å². The van der Waals surface area contributed by atoms with Gasteiger partial charge in [0.1, 0.15) is 0 Å². The van der Waals surface area contributed by atoms with E-state index < -0.39 is 0 Å². The minimum absolute atomic E-state index is 0.541. The average Bonchev–Trinajstić information content (AvgIpc) is 2.37. The van der Waals surface area contributed by atoms with Gasteiger partial charge in [-0.2, -0.15) is 0 Å². The molecule has 0 saturated heterocycles. The van der Waals surface area contributed by atoms with Crippen LogP contribution in [-0.2, 0) is 4.74 Å². The summed E-state index contributed by atoms with van der Waals surface area (Å²) in [7, 11) is 1.76. The monoisotopic (exact) mass is 233 g/mol. The molecule has 0 radical (unpaired) electrons. The van der Waals surface area contributed by atoms with Crippen LogP contribution in [0.25, 0.3) is 0 Å². The predicted molar refractivity (Wildman–Crippen MR) is 71.3 cm³/mol. The Morgan fingerprint density at radius 2 is 2.00 bits per heavy atom. The minimum Gasteiger partial charge on any atom is -0.385 e. The van der Waals surface area contributed by atoms with Crippen LogP contribution in [0.5, 0.6) is 0 Å². The smallest absolute Gasteiger partial charge is 0.0474 e. The summed E-state index contributed by atoms with van der Waals surface area (Å²) in [5, 5.41) is 3.65. The van der Waals surface area contributed by atoms with E-state index in [2.05, 4.69) is 36.5 Å². The highest BCUT2D eigenvalue weighted by molar-refractivity contribution is 5.34. The highest BCUT2D eigenvalue weighted by atomic mass is 16.5. The van der Waals surface area contributed by atoms with Gasteiger partial charge in [0.2, 0.25) is 0 Å². The molecule has 1 aliphatic rings. The molecule has 1 aromatic rings. The molecule has 2 heteroatoms. The van der Waals surface area contributed by atoms with E-state index in [0.717, 1.165) is 19.6 Å². The lowest BCUT2D eigenvalue weighted by atomic mass is 9.81. The fourth-order valence-corrected chi connectivity index (χ4v) is 2.71. The van der Waals surface area contributed by atoms with Crippen LogP contribution in [0.2, 0.25) is 0 Å². The van der Waals surface area contributed by atoms with Crippen LogP contribution in [0.1, 0.15) is 49.3 Å². The Kier molecular flexibility index (Phi) is 4.57. The number of nitrogens with one attached hydrogen (secondary N) is 1. The fourth-order valence-electron chi connectivity index (χ4n) is 2.71. The second kappa shape index (κ2) is 6.18. The lowest BCUT2D eigenvalue weighted by Crippen LogP contribution is -2.27. The largest absolute Gasteiger partial charge is 0.385 e. The maximum Gasteiger partial charge on any atom is 0.0474 e. The Morgan fingerprint density at radius 3 is 2.76 bits per heavy atom. The van der Waals surface area contributed by atoms with Crippen LogP contribution in [0.15, 0.2) is 24.3 Å². The van der Waals surface area contributed by atoms with Gasteiger partial charge in [0, 0.05) is 19.8 Å². The standard InChI is InChI=1S/C15H23NO/c1-12-8-9-15(16-10-5-11-17-2)14-7-4-3-6-13(12)14/h3-4,6-7,12,15-16H,5,8-11H2,1-2H3. The van der Waals surface area contributed by atoms with Crippen LogP contribution in [-0.4, -0.2) is 20.3 Å². The van der Waals surface area contributed by atoms with E-state index in [1.54, 1.807) is 7.11 Å². The van der Waals surface area contributed by atoms with Gasteiger partial charge in [-0.25, -0.2) is 0 Å². The molecule has 2 atom stereocenters. The number of hydrogen-bond donors (Lipinski definition) is 1. The van der Waals surface area contributed by atoms with Crippen molar-refractivity contribution in [2.45, 2.75) is 38.1 Å². The molecule has 2 nitrogen and oxygen atoms in total. The molecule has 0 fully saturated rings. The van der Waals surface area contributed by atoms with Crippen molar-refractivity contribution >= 4 is 0 Å². The normalized spacial score (nSPS) is 23.4. The number of fused-ring (bicyclic) bond motifs is 1. The molecule has 0 heterocycles. The van der Waals surface area contributed by atoms with Gasteiger partial charge in [0.15, 0.2) is 0 Å². The molecule has 2 unspecified atom stereocenters. The van der Waals surface area contributed by atoms with Gasteiger partial charge in [-0.3, -0.25) is 0 Å². The van der Waals surface area contributed by atoms with Gasteiger partial charge in [0.25, 0.3) is 0 Å². The molecular formula is C15H23NO. The number of hydrogen-bond acceptors (Lipinski definition) is 2. The first-order chi connectivity index (χ1) is 8.33. The van der Waals surface area contributed by atoms with Crippen molar-refractivity contribution in [1.82, 2.24) is 5.32 Å². The van der Waals surface area contributed by atoms with Gasteiger partial charge in [-0.15, -0.1) is 0 Å².